The molecule has 1 amide bonds. The van der Waals surface area contributed by atoms with Crippen LogP contribution in [0.4, 0.5) is 17.1 Å². The molecule has 1 aliphatic rings. The van der Waals surface area contributed by atoms with Crippen molar-refractivity contribution in [2.75, 3.05) is 43.4 Å². The molecule has 158 valence electrons. The first-order valence-electron chi connectivity index (χ1n) is 10.4. The summed E-state index contributed by atoms with van der Waals surface area (Å²) < 4.78 is 0. The van der Waals surface area contributed by atoms with E-state index in [2.05, 4.69) is 39.3 Å². The molecule has 3 N–H and O–H groups in total. The van der Waals surface area contributed by atoms with Crippen LogP contribution in [0.15, 0.2) is 66.9 Å². The van der Waals surface area contributed by atoms with Crippen LogP contribution in [-0.4, -0.2) is 49.0 Å². The minimum atomic E-state index is -0.560. The third-order valence-corrected chi connectivity index (χ3v) is 5.42. The Kier molecular flexibility index (Phi) is 6.29. The predicted molar refractivity (Wildman–Crippen MR) is 128 cm³/mol. The second kappa shape index (κ2) is 9.45. The van der Waals surface area contributed by atoms with E-state index in [0.717, 1.165) is 43.0 Å². The highest BCUT2D eigenvalue weighted by Crippen LogP contribution is 2.25. The number of rotatable bonds is 6. The number of hydrogen-bond donors (Lipinski definition) is 2. The molecule has 6 nitrogen and oxygen atoms in total. The quantitative estimate of drug-likeness (QED) is 0.642. The zero-order valence-corrected chi connectivity index (χ0v) is 17.7. The second-order valence-electron chi connectivity index (χ2n) is 7.74. The van der Waals surface area contributed by atoms with E-state index in [4.69, 9.17) is 5.73 Å². The van der Waals surface area contributed by atoms with Gasteiger partial charge in [-0.3, -0.25) is 4.79 Å². The summed E-state index contributed by atoms with van der Waals surface area (Å²) in [4.78, 5) is 20.9. The van der Waals surface area contributed by atoms with Gasteiger partial charge in [0.2, 0.25) is 0 Å². The number of nitrogens with two attached hydrogens (primary N) is 1. The van der Waals surface area contributed by atoms with Gasteiger partial charge in [0.25, 0.3) is 5.91 Å². The van der Waals surface area contributed by atoms with E-state index in [0.29, 0.717) is 5.69 Å². The summed E-state index contributed by atoms with van der Waals surface area (Å²) in [5.41, 5.74) is 10.4. The molecule has 4 rings (SSSR count). The van der Waals surface area contributed by atoms with Crippen molar-refractivity contribution in [1.29, 1.82) is 0 Å². The Bertz CT molecular complexity index is 1060. The summed E-state index contributed by atoms with van der Waals surface area (Å²) in [6, 6.07) is 20.2. The van der Waals surface area contributed by atoms with Gasteiger partial charge in [0.05, 0.1) is 5.69 Å². The molecule has 31 heavy (non-hydrogen) atoms. The first kappa shape index (κ1) is 20.6. The number of likely N-dealkylation sites (N-methyl/N-ethyl adjacent to an activating group) is 1. The van der Waals surface area contributed by atoms with Crippen molar-refractivity contribution in [3.63, 3.8) is 0 Å². The monoisotopic (exact) mass is 413 g/mol. The van der Waals surface area contributed by atoms with Crippen molar-refractivity contribution in [2.45, 2.75) is 0 Å². The fourth-order valence-corrected chi connectivity index (χ4v) is 3.60. The Hall–Kier alpha value is -3.64. The molecule has 0 aliphatic carbocycles. The van der Waals surface area contributed by atoms with Crippen LogP contribution >= 0.6 is 0 Å². The molecule has 0 spiro atoms. The third-order valence-electron chi connectivity index (χ3n) is 5.42. The zero-order chi connectivity index (χ0) is 21.6. The van der Waals surface area contributed by atoms with Crippen LogP contribution in [0.5, 0.6) is 0 Å². The van der Waals surface area contributed by atoms with E-state index < -0.39 is 5.91 Å². The summed E-state index contributed by atoms with van der Waals surface area (Å²) in [6.07, 6.45) is 5.63. The lowest BCUT2D eigenvalue weighted by molar-refractivity contribution is 0.0996. The Morgan fingerprint density at radius 2 is 1.65 bits per heavy atom. The fraction of sp³-hybridized carbons (Fsp3) is 0.200. The first-order valence-corrected chi connectivity index (χ1v) is 10.4. The zero-order valence-electron chi connectivity index (χ0n) is 17.7. The van der Waals surface area contributed by atoms with E-state index in [1.807, 2.05) is 60.7 Å². The van der Waals surface area contributed by atoms with Gasteiger partial charge in [-0.05, 0) is 48.5 Å². The molecule has 2 heterocycles. The number of carbonyl (C=O) groups is 1. The lowest BCUT2D eigenvalue weighted by atomic mass is 10.1. The summed E-state index contributed by atoms with van der Waals surface area (Å²) in [7, 11) is 2.15. The van der Waals surface area contributed by atoms with E-state index in [1.165, 1.54) is 5.69 Å². The van der Waals surface area contributed by atoms with E-state index in [9.17, 15) is 4.79 Å². The van der Waals surface area contributed by atoms with Gasteiger partial charge in [-0.1, -0.05) is 42.5 Å². The number of primary amides is 1. The van der Waals surface area contributed by atoms with Crippen LogP contribution in [0.25, 0.3) is 12.2 Å². The molecule has 0 unspecified atom stereocenters. The Morgan fingerprint density at radius 1 is 0.968 bits per heavy atom. The van der Waals surface area contributed by atoms with Crippen LogP contribution in [0.1, 0.15) is 21.6 Å². The van der Waals surface area contributed by atoms with Crippen molar-refractivity contribution < 1.29 is 4.79 Å². The second-order valence-corrected chi connectivity index (χ2v) is 7.74. The van der Waals surface area contributed by atoms with Crippen LogP contribution in [0, 0.1) is 0 Å². The third kappa shape index (κ3) is 5.29. The lowest BCUT2D eigenvalue weighted by Crippen LogP contribution is -2.44. The smallest absolute Gasteiger partial charge is 0.269 e. The lowest BCUT2D eigenvalue weighted by Gasteiger charge is -2.34. The average molecular weight is 414 g/mol. The highest BCUT2D eigenvalue weighted by molar-refractivity contribution is 5.97. The molecular formula is C25H27N5O. The van der Waals surface area contributed by atoms with E-state index in [-0.39, 0.29) is 5.69 Å². The molecule has 3 aromatic rings. The first-order chi connectivity index (χ1) is 15.1. The van der Waals surface area contributed by atoms with Gasteiger partial charge in [-0.15, -0.1) is 0 Å². The molecule has 6 heteroatoms. The summed E-state index contributed by atoms with van der Waals surface area (Å²) in [6.45, 7) is 4.18. The minimum absolute atomic E-state index is 0.222. The Morgan fingerprint density at radius 3 is 2.32 bits per heavy atom. The SMILES string of the molecule is CN1CCN(c2ccc(Nc3cc(C=Cc4ccccc4)cnc3C(N)=O)cc2)CC1. The molecular weight excluding hydrogens is 386 g/mol. The molecule has 1 fully saturated rings. The number of hydrogen-bond acceptors (Lipinski definition) is 5. The summed E-state index contributed by atoms with van der Waals surface area (Å²) in [5, 5.41) is 3.31. The molecule has 0 saturated carbocycles. The number of benzene rings is 2. The highest BCUT2D eigenvalue weighted by atomic mass is 16.1. The van der Waals surface area contributed by atoms with Crippen molar-refractivity contribution in [2.24, 2.45) is 5.73 Å². The Labute approximate surface area is 183 Å². The number of nitrogens with zero attached hydrogens (tertiary/aromatic N) is 3. The maximum Gasteiger partial charge on any atom is 0.269 e. The fourth-order valence-electron chi connectivity index (χ4n) is 3.60. The van der Waals surface area contributed by atoms with Crippen LogP contribution in [0.3, 0.4) is 0 Å². The molecule has 0 radical (unpaired) electrons. The average Bonchev–Trinajstić information content (AvgIpc) is 2.79. The van der Waals surface area contributed by atoms with Crippen molar-refractivity contribution in [3.8, 4) is 0 Å². The van der Waals surface area contributed by atoms with Crippen LogP contribution < -0.4 is 16.0 Å². The van der Waals surface area contributed by atoms with Gasteiger partial charge in [-0.2, -0.15) is 0 Å². The number of piperazine rings is 1. The van der Waals surface area contributed by atoms with Gasteiger partial charge >= 0.3 is 0 Å². The molecule has 1 aromatic heterocycles. The standard InChI is InChI=1S/C25H27N5O/c1-29-13-15-30(16-14-29)22-11-9-21(10-12-22)28-23-17-20(18-27-24(23)25(26)31)8-7-19-5-3-2-4-6-19/h2-12,17-18,28H,13-16H2,1H3,(H2,26,31). The predicted octanol–water partition coefficient (Wildman–Crippen LogP) is 3.85. The van der Waals surface area contributed by atoms with Gasteiger partial charge < -0.3 is 20.9 Å². The largest absolute Gasteiger partial charge is 0.369 e. The Balaban J connectivity index is 1.52. The number of amides is 1. The summed E-state index contributed by atoms with van der Waals surface area (Å²) >= 11 is 0. The molecule has 0 atom stereocenters. The number of pyridine rings is 1. The van der Waals surface area contributed by atoms with Crippen molar-refractivity contribution in [1.82, 2.24) is 9.88 Å². The topological polar surface area (TPSA) is 74.5 Å². The molecule has 0 bridgehead atoms. The minimum Gasteiger partial charge on any atom is -0.369 e. The molecule has 1 saturated heterocycles. The number of nitrogens with one attached hydrogen (secondary N) is 1. The number of carbonyl (C=O) groups excluding carboxylic acids is 1. The number of anilines is 3. The highest BCUT2D eigenvalue weighted by Gasteiger charge is 2.15. The van der Waals surface area contributed by atoms with Gasteiger partial charge in [0, 0.05) is 43.8 Å². The number of aromatic nitrogens is 1. The van der Waals surface area contributed by atoms with E-state index >= 15 is 0 Å². The van der Waals surface area contributed by atoms with Gasteiger partial charge in [0.15, 0.2) is 5.69 Å². The molecule has 1 aliphatic heterocycles. The van der Waals surface area contributed by atoms with Crippen LogP contribution in [0.2, 0.25) is 0 Å². The van der Waals surface area contributed by atoms with Gasteiger partial charge in [-0.25, -0.2) is 4.98 Å². The summed E-state index contributed by atoms with van der Waals surface area (Å²) in [5.74, 6) is -0.560. The van der Waals surface area contributed by atoms with Gasteiger partial charge in [0.1, 0.15) is 0 Å². The maximum absolute atomic E-state index is 11.9. The van der Waals surface area contributed by atoms with Crippen molar-refractivity contribution in [3.05, 3.63) is 83.7 Å². The van der Waals surface area contributed by atoms with Crippen LogP contribution in [-0.2, 0) is 0 Å². The van der Waals surface area contributed by atoms with E-state index in [1.54, 1.807) is 6.20 Å². The van der Waals surface area contributed by atoms with Crippen molar-refractivity contribution >= 4 is 35.1 Å². The maximum atomic E-state index is 11.9. The molecule has 2 aromatic carbocycles. The normalized spacial score (nSPS) is 14.7.